The quantitative estimate of drug-likeness (QED) is 0.763. The lowest BCUT2D eigenvalue weighted by Crippen LogP contribution is -1.96. The van der Waals surface area contributed by atoms with E-state index in [0.29, 0.717) is 11.4 Å². The number of pyridine rings is 1. The van der Waals surface area contributed by atoms with E-state index in [9.17, 15) is 0 Å². The summed E-state index contributed by atoms with van der Waals surface area (Å²) in [5, 5.41) is 12.9. The van der Waals surface area contributed by atoms with Crippen molar-refractivity contribution in [1.29, 1.82) is 5.26 Å². The first-order valence-electron chi connectivity index (χ1n) is 4.74. The third-order valence-corrected chi connectivity index (χ3v) is 2.33. The highest BCUT2D eigenvalue weighted by Crippen LogP contribution is 2.20. The average Bonchev–Trinajstić information content (AvgIpc) is 2.27. The molecular weight excluding hydrogens is 186 g/mol. The van der Waals surface area contributed by atoms with Crippen LogP contribution < -0.4 is 5.32 Å². The van der Waals surface area contributed by atoms with Crippen molar-refractivity contribution in [2.45, 2.75) is 6.92 Å². The number of aryl methyl sites for hydroxylation is 1. The third kappa shape index (κ3) is 1.62. The Bertz CT molecular complexity index is 553. The molecule has 2 rings (SSSR count). The molecular formula is C12H11N3. The zero-order valence-electron chi connectivity index (χ0n) is 8.70. The van der Waals surface area contributed by atoms with Crippen LogP contribution in [0.15, 0.2) is 24.3 Å². The minimum atomic E-state index is 0.578. The van der Waals surface area contributed by atoms with Gasteiger partial charge in [0, 0.05) is 12.4 Å². The fraction of sp³-hybridized carbons (Fsp3) is 0.167. The first-order valence-corrected chi connectivity index (χ1v) is 4.74. The van der Waals surface area contributed by atoms with Gasteiger partial charge in [-0.3, -0.25) is 0 Å². The summed E-state index contributed by atoms with van der Waals surface area (Å²) >= 11 is 0. The molecule has 1 aromatic heterocycles. The number of rotatable bonds is 1. The molecule has 0 atom stereocenters. The summed E-state index contributed by atoms with van der Waals surface area (Å²) < 4.78 is 0. The molecule has 0 fully saturated rings. The molecule has 0 amide bonds. The van der Waals surface area contributed by atoms with Crippen LogP contribution >= 0.6 is 0 Å². The van der Waals surface area contributed by atoms with Gasteiger partial charge in [0.15, 0.2) is 0 Å². The number of anilines is 1. The summed E-state index contributed by atoms with van der Waals surface area (Å²) in [5.74, 6) is 0.635. The Hall–Kier alpha value is -2.08. The molecule has 0 saturated carbocycles. The number of aromatic nitrogens is 1. The van der Waals surface area contributed by atoms with E-state index in [4.69, 9.17) is 5.26 Å². The average molecular weight is 197 g/mol. The molecule has 1 N–H and O–H groups in total. The van der Waals surface area contributed by atoms with E-state index < -0.39 is 0 Å². The molecule has 2 aromatic rings. The van der Waals surface area contributed by atoms with Gasteiger partial charge in [0.1, 0.15) is 11.9 Å². The van der Waals surface area contributed by atoms with Crippen molar-refractivity contribution in [2.75, 3.05) is 12.4 Å². The Labute approximate surface area is 88.4 Å². The van der Waals surface area contributed by atoms with Crippen LogP contribution in [0, 0.1) is 18.3 Å². The van der Waals surface area contributed by atoms with Gasteiger partial charge in [0.2, 0.25) is 0 Å². The molecule has 1 aromatic carbocycles. The number of nitrogens with zero attached hydrogens (tertiary/aromatic N) is 2. The highest BCUT2D eigenvalue weighted by molar-refractivity contribution is 5.83. The molecule has 1 heterocycles. The van der Waals surface area contributed by atoms with E-state index in [1.807, 2.05) is 31.2 Å². The fourth-order valence-corrected chi connectivity index (χ4v) is 1.55. The van der Waals surface area contributed by atoms with Gasteiger partial charge < -0.3 is 5.32 Å². The molecule has 0 unspecified atom stereocenters. The largest absolute Gasteiger partial charge is 0.372 e. The zero-order chi connectivity index (χ0) is 10.8. The Morgan fingerprint density at radius 2 is 2.13 bits per heavy atom. The summed E-state index contributed by atoms with van der Waals surface area (Å²) in [4.78, 5) is 4.39. The smallest absolute Gasteiger partial charge is 0.144 e. The van der Waals surface area contributed by atoms with Crippen molar-refractivity contribution in [2.24, 2.45) is 0 Å². The second-order valence-corrected chi connectivity index (χ2v) is 3.44. The normalized spacial score (nSPS) is 9.93. The predicted octanol–water partition coefficient (Wildman–Crippen LogP) is 2.46. The summed E-state index contributed by atoms with van der Waals surface area (Å²) in [6.45, 7) is 2.03. The van der Waals surface area contributed by atoms with Crippen molar-refractivity contribution in [3.05, 3.63) is 35.4 Å². The molecule has 3 heteroatoms. The Morgan fingerprint density at radius 3 is 2.80 bits per heavy atom. The van der Waals surface area contributed by atoms with Crippen molar-refractivity contribution >= 4 is 16.7 Å². The van der Waals surface area contributed by atoms with Gasteiger partial charge in [0.05, 0.1) is 11.1 Å². The number of nitriles is 1. The van der Waals surface area contributed by atoms with E-state index in [0.717, 1.165) is 10.9 Å². The van der Waals surface area contributed by atoms with Gasteiger partial charge in [0.25, 0.3) is 0 Å². The second-order valence-electron chi connectivity index (χ2n) is 3.44. The SMILES string of the molecule is CNc1nc2cc(C)ccc2cc1C#N. The van der Waals surface area contributed by atoms with Crippen molar-refractivity contribution in [3.8, 4) is 6.07 Å². The topological polar surface area (TPSA) is 48.7 Å². The maximum Gasteiger partial charge on any atom is 0.144 e. The van der Waals surface area contributed by atoms with E-state index in [1.165, 1.54) is 5.56 Å². The number of fused-ring (bicyclic) bond motifs is 1. The lowest BCUT2D eigenvalue weighted by molar-refractivity contribution is 1.31. The molecule has 0 radical (unpaired) electrons. The van der Waals surface area contributed by atoms with Crippen LogP contribution in [0.1, 0.15) is 11.1 Å². The van der Waals surface area contributed by atoms with Gasteiger partial charge in [-0.05, 0) is 24.6 Å². The monoisotopic (exact) mass is 197 g/mol. The molecule has 74 valence electrons. The molecule has 0 spiro atoms. The number of hydrogen-bond donors (Lipinski definition) is 1. The van der Waals surface area contributed by atoms with E-state index in [1.54, 1.807) is 7.05 Å². The van der Waals surface area contributed by atoms with Crippen LogP contribution in [0.3, 0.4) is 0 Å². The first kappa shape index (κ1) is 9.47. The van der Waals surface area contributed by atoms with Crippen molar-refractivity contribution in [3.63, 3.8) is 0 Å². The van der Waals surface area contributed by atoms with E-state index in [-0.39, 0.29) is 0 Å². The van der Waals surface area contributed by atoms with Gasteiger partial charge >= 0.3 is 0 Å². The number of nitrogens with one attached hydrogen (secondary N) is 1. The van der Waals surface area contributed by atoms with Crippen LogP contribution in [-0.4, -0.2) is 12.0 Å². The van der Waals surface area contributed by atoms with Crippen LogP contribution in [-0.2, 0) is 0 Å². The van der Waals surface area contributed by atoms with Gasteiger partial charge in [-0.15, -0.1) is 0 Å². The van der Waals surface area contributed by atoms with E-state index in [2.05, 4.69) is 16.4 Å². The highest BCUT2D eigenvalue weighted by atomic mass is 15.0. The lowest BCUT2D eigenvalue weighted by atomic mass is 10.1. The van der Waals surface area contributed by atoms with Crippen LogP contribution in [0.5, 0.6) is 0 Å². The molecule has 0 aliphatic rings. The fourth-order valence-electron chi connectivity index (χ4n) is 1.55. The number of hydrogen-bond acceptors (Lipinski definition) is 3. The molecule has 15 heavy (non-hydrogen) atoms. The first-order chi connectivity index (χ1) is 7.24. The van der Waals surface area contributed by atoms with Crippen LogP contribution in [0.4, 0.5) is 5.82 Å². The molecule has 0 aliphatic heterocycles. The molecule has 0 aliphatic carbocycles. The summed E-state index contributed by atoms with van der Waals surface area (Å²) in [5.41, 5.74) is 2.66. The second kappa shape index (κ2) is 3.58. The van der Waals surface area contributed by atoms with Crippen LogP contribution in [0.2, 0.25) is 0 Å². The minimum absolute atomic E-state index is 0.578. The molecule has 3 nitrogen and oxygen atoms in total. The van der Waals surface area contributed by atoms with Gasteiger partial charge in [-0.2, -0.15) is 5.26 Å². The molecule has 0 bridgehead atoms. The van der Waals surface area contributed by atoms with Crippen molar-refractivity contribution < 1.29 is 0 Å². The lowest BCUT2D eigenvalue weighted by Gasteiger charge is -2.05. The number of benzene rings is 1. The van der Waals surface area contributed by atoms with Gasteiger partial charge in [-0.25, -0.2) is 4.98 Å². The molecule has 0 saturated heterocycles. The van der Waals surface area contributed by atoms with Crippen molar-refractivity contribution in [1.82, 2.24) is 4.98 Å². The van der Waals surface area contributed by atoms with E-state index >= 15 is 0 Å². The Balaban J connectivity index is 2.77. The standard InChI is InChI=1S/C12H11N3/c1-8-3-4-9-6-10(7-13)12(14-2)15-11(9)5-8/h3-6H,1-2H3,(H,14,15). The third-order valence-electron chi connectivity index (χ3n) is 2.33. The van der Waals surface area contributed by atoms with Crippen LogP contribution in [0.25, 0.3) is 10.9 Å². The Morgan fingerprint density at radius 1 is 1.33 bits per heavy atom. The summed E-state index contributed by atoms with van der Waals surface area (Å²) in [6, 6.07) is 10.00. The highest BCUT2D eigenvalue weighted by Gasteiger charge is 2.04. The maximum absolute atomic E-state index is 8.93. The maximum atomic E-state index is 8.93. The zero-order valence-corrected chi connectivity index (χ0v) is 8.70. The minimum Gasteiger partial charge on any atom is -0.372 e. The Kier molecular flexibility index (Phi) is 2.26. The summed E-state index contributed by atoms with van der Waals surface area (Å²) in [7, 11) is 1.77. The predicted molar refractivity (Wildman–Crippen MR) is 60.7 cm³/mol. The summed E-state index contributed by atoms with van der Waals surface area (Å²) in [6.07, 6.45) is 0. The van der Waals surface area contributed by atoms with Gasteiger partial charge in [-0.1, -0.05) is 12.1 Å².